The third-order valence-corrected chi connectivity index (χ3v) is 6.81. The quantitative estimate of drug-likeness (QED) is 0.637. The van der Waals surface area contributed by atoms with E-state index in [0.29, 0.717) is 28.0 Å². The molecule has 1 fully saturated rings. The van der Waals surface area contributed by atoms with E-state index in [-0.39, 0.29) is 18.2 Å². The van der Waals surface area contributed by atoms with Gasteiger partial charge in [0.05, 0.1) is 10.0 Å². The first-order valence-corrected chi connectivity index (χ1v) is 10.8. The highest BCUT2D eigenvalue weighted by Crippen LogP contribution is 2.34. The van der Waals surface area contributed by atoms with Crippen LogP contribution in [-0.2, 0) is 23.2 Å². The largest absolute Gasteiger partial charge is 0.301 e. The van der Waals surface area contributed by atoms with Crippen molar-refractivity contribution in [3.05, 3.63) is 68.2 Å². The molecule has 2 heterocycles. The Hall–Kier alpha value is -0.810. The molecule has 0 bridgehead atoms. The zero-order valence-corrected chi connectivity index (χ0v) is 19.1. The van der Waals surface area contributed by atoms with Crippen LogP contribution >= 0.6 is 47.2 Å². The fraction of sp³-hybridized carbons (Fsp3) is 0.409. The molecule has 0 saturated carbocycles. The second kappa shape index (κ2) is 9.55. The van der Waals surface area contributed by atoms with E-state index in [1.807, 2.05) is 24.3 Å². The number of likely N-dealkylation sites (tertiary alicyclic amines) is 1. The first kappa shape index (κ1) is 22.9. The van der Waals surface area contributed by atoms with Gasteiger partial charge in [0.2, 0.25) is 0 Å². The standard InChI is InChI=1S/C22H23Cl3N2O.ClH/c23-17-4-5-18-16(13-17)7-8-26-22(18,14-27-9-1-2-10-27)21(28)12-15-3-6-19(24)20(25)11-15;/h3-6,11,13,26H,1-2,7-10,12,14H2;1H. The summed E-state index contributed by atoms with van der Waals surface area (Å²) in [6, 6.07) is 11.3. The van der Waals surface area contributed by atoms with E-state index >= 15 is 0 Å². The van der Waals surface area contributed by atoms with E-state index in [9.17, 15) is 4.79 Å². The summed E-state index contributed by atoms with van der Waals surface area (Å²) in [7, 11) is 0. The first-order valence-electron chi connectivity index (χ1n) is 9.71. The van der Waals surface area contributed by atoms with Crippen molar-refractivity contribution in [1.82, 2.24) is 10.2 Å². The number of fused-ring (bicyclic) bond motifs is 1. The maximum atomic E-state index is 13.7. The summed E-state index contributed by atoms with van der Waals surface area (Å²) in [5, 5.41) is 5.28. The summed E-state index contributed by atoms with van der Waals surface area (Å²) >= 11 is 18.5. The molecule has 3 nitrogen and oxygen atoms in total. The average Bonchev–Trinajstić information content (AvgIpc) is 3.17. The molecule has 7 heteroatoms. The maximum Gasteiger partial charge on any atom is 0.163 e. The number of halogens is 4. The Morgan fingerprint density at radius 1 is 1.03 bits per heavy atom. The Labute approximate surface area is 193 Å². The number of carbonyl (C=O) groups is 1. The van der Waals surface area contributed by atoms with E-state index in [1.54, 1.807) is 12.1 Å². The zero-order chi connectivity index (χ0) is 19.7. The minimum absolute atomic E-state index is 0. The van der Waals surface area contributed by atoms with Crippen molar-refractivity contribution in [2.75, 3.05) is 26.2 Å². The monoisotopic (exact) mass is 472 g/mol. The van der Waals surface area contributed by atoms with E-state index in [4.69, 9.17) is 34.8 Å². The summed E-state index contributed by atoms with van der Waals surface area (Å²) in [6.07, 6.45) is 3.55. The van der Waals surface area contributed by atoms with E-state index in [0.717, 1.165) is 42.7 Å². The van der Waals surface area contributed by atoms with Gasteiger partial charge in [-0.2, -0.15) is 0 Å². The second-order valence-electron chi connectivity index (χ2n) is 7.72. The maximum absolute atomic E-state index is 13.7. The molecule has 156 valence electrons. The molecule has 0 spiro atoms. The minimum Gasteiger partial charge on any atom is -0.301 e. The predicted molar refractivity (Wildman–Crippen MR) is 123 cm³/mol. The zero-order valence-electron chi connectivity index (χ0n) is 16.0. The number of hydrogen-bond acceptors (Lipinski definition) is 3. The smallest absolute Gasteiger partial charge is 0.163 e. The third kappa shape index (κ3) is 4.76. The molecule has 29 heavy (non-hydrogen) atoms. The summed E-state index contributed by atoms with van der Waals surface area (Å²) in [5.74, 6) is 0.154. The average molecular weight is 474 g/mol. The number of Topliss-reactive ketones (excluding diaryl/α,β-unsaturated/α-hetero) is 1. The third-order valence-electron chi connectivity index (χ3n) is 5.83. The minimum atomic E-state index is -0.728. The molecule has 0 aliphatic carbocycles. The van der Waals surface area contributed by atoms with Crippen LogP contribution in [0.5, 0.6) is 0 Å². The summed E-state index contributed by atoms with van der Waals surface area (Å²) < 4.78 is 0. The van der Waals surface area contributed by atoms with Gasteiger partial charge in [-0.05, 0) is 73.3 Å². The highest BCUT2D eigenvalue weighted by Gasteiger charge is 2.44. The van der Waals surface area contributed by atoms with Gasteiger partial charge in [-0.3, -0.25) is 10.1 Å². The van der Waals surface area contributed by atoms with Crippen LogP contribution in [0.1, 0.15) is 29.5 Å². The Morgan fingerprint density at radius 3 is 2.52 bits per heavy atom. The first-order chi connectivity index (χ1) is 13.5. The summed E-state index contributed by atoms with van der Waals surface area (Å²) in [4.78, 5) is 16.1. The Morgan fingerprint density at radius 2 is 1.79 bits per heavy atom. The molecule has 1 N–H and O–H groups in total. The topological polar surface area (TPSA) is 32.3 Å². The Bertz CT molecular complexity index is 898. The number of hydrogen-bond donors (Lipinski definition) is 1. The lowest BCUT2D eigenvalue weighted by Crippen LogP contribution is -2.59. The normalized spacial score (nSPS) is 21.5. The number of ketones is 1. The van der Waals surface area contributed by atoms with Crippen molar-refractivity contribution in [1.29, 1.82) is 0 Å². The van der Waals surface area contributed by atoms with Crippen LogP contribution in [0.15, 0.2) is 36.4 Å². The molecular formula is C22H24Cl4N2O. The van der Waals surface area contributed by atoms with Gasteiger partial charge in [0.25, 0.3) is 0 Å². The molecule has 1 atom stereocenters. The van der Waals surface area contributed by atoms with Gasteiger partial charge in [-0.25, -0.2) is 0 Å². The lowest BCUT2D eigenvalue weighted by atomic mass is 9.77. The van der Waals surface area contributed by atoms with Gasteiger partial charge in [-0.1, -0.05) is 46.9 Å². The number of nitrogens with one attached hydrogen (secondary N) is 1. The van der Waals surface area contributed by atoms with Gasteiger partial charge in [0, 0.05) is 24.5 Å². The van der Waals surface area contributed by atoms with Gasteiger partial charge < -0.3 is 4.90 Å². The van der Waals surface area contributed by atoms with Crippen LogP contribution in [0.3, 0.4) is 0 Å². The van der Waals surface area contributed by atoms with Crippen LogP contribution < -0.4 is 5.32 Å². The van der Waals surface area contributed by atoms with Crippen molar-refractivity contribution in [2.24, 2.45) is 0 Å². The molecule has 1 unspecified atom stereocenters. The second-order valence-corrected chi connectivity index (χ2v) is 8.97. The summed E-state index contributed by atoms with van der Waals surface area (Å²) in [5.41, 5.74) is 2.37. The molecule has 4 rings (SSSR count). The van der Waals surface area contributed by atoms with Gasteiger partial charge in [-0.15, -0.1) is 12.4 Å². The van der Waals surface area contributed by atoms with Crippen molar-refractivity contribution < 1.29 is 4.79 Å². The lowest BCUT2D eigenvalue weighted by Gasteiger charge is -2.41. The highest BCUT2D eigenvalue weighted by atomic mass is 35.5. The molecule has 0 aromatic heterocycles. The van der Waals surface area contributed by atoms with Gasteiger partial charge >= 0.3 is 0 Å². The molecule has 2 aliphatic heterocycles. The van der Waals surface area contributed by atoms with Crippen LogP contribution in [0.2, 0.25) is 15.1 Å². The number of nitrogens with zero attached hydrogens (tertiary/aromatic N) is 1. The van der Waals surface area contributed by atoms with Crippen LogP contribution in [-0.4, -0.2) is 36.9 Å². The van der Waals surface area contributed by atoms with Crippen molar-refractivity contribution in [3.8, 4) is 0 Å². The van der Waals surface area contributed by atoms with E-state index in [1.165, 1.54) is 12.8 Å². The van der Waals surface area contributed by atoms with E-state index in [2.05, 4.69) is 10.2 Å². The van der Waals surface area contributed by atoms with Crippen LogP contribution in [0.4, 0.5) is 0 Å². The molecule has 2 aliphatic rings. The van der Waals surface area contributed by atoms with Gasteiger partial charge in [0.15, 0.2) is 5.78 Å². The molecule has 2 aromatic rings. The SMILES string of the molecule is Cl.O=C(Cc1ccc(Cl)c(Cl)c1)C1(CN2CCCC2)NCCc2cc(Cl)ccc21. The number of rotatable bonds is 5. The van der Waals surface area contributed by atoms with Gasteiger partial charge in [0.1, 0.15) is 5.54 Å². The Balaban J connectivity index is 0.00000240. The predicted octanol–water partition coefficient (Wildman–Crippen LogP) is 5.32. The van der Waals surface area contributed by atoms with Crippen molar-refractivity contribution in [2.45, 2.75) is 31.2 Å². The number of benzene rings is 2. The molecule has 0 radical (unpaired) electrons. The van der Waals surface area contributed by atoms with Crippen LogP contribution in [0.25, 0.3) is 0 Å². The fourth-order valence-electron chi connectivity index (χ4n) is 4.43. The lowest BCUT2D eigenvalue weighted by molar-refractivity contribution is -0.126. The fourth-order valence-corrected chi connectivity index (χ4v) is 4.95. The molecule has 1 saturated heterocycles. The number of carbonyl (C=O) groups excluding carboxylic acids is 1. The molecular weight excluding hydrogens is 450 g/mol. The Kier molecular flexibility index (Phi) is 7.53. The summed E-state index contributed by atoms with van der Waals surface area (Å²) in [6.45, 7) is 3.51. The molecule has 0 amide bonds. The van der Waals surface area contributed by atoms with Crippen molar-refractivity contribution in [3.63, 3.8) is 0 Å². The van der Waals surface area contributed by atoms with E-state index < -0.39 is 5.54 Å². The highest BCUT2D eigenvalue weighted by molar-refractivity contribution is 6.42. The molecule has 2 aromatic carbocycles. The van der Waals surface area contributed by atoms with Crippen molar-refractivity contribution >= 4 is 53.0 Å². The van der Waals surface area contributed by atoms with Crippen LogP contribution in [0, 0.1) is 0 Å².